The van der Waals surface area contributed by atoms with Crippen molar-refractivity contribution in [1.29, 1.82) is 0 Å². The van der Waals surface area contributed by atoms with E-state index >= 15 is 0 Å². The monoisotopic (exact) mass is 380 g/mol. The molecule has 102 valence electrons. The molecule has 1 saturated heterocycles. The van der Waals surface area contributed by atoms with Crippen LogP contribution in [0.1, 0.15) is 31.2 Å². The standard InChI is InChI=1S/C14H21IN2.ClH/c15-13-6-4-12(5-7-13)11-17-10-2-1-3-14(17)8-9-16;/h4-7,14H,1-3,8-11,16H2;1H. The number of nitrogens with two attached hydrogens (primary N) is 1. The number of hydrogen-bond donors (Lipinski definition) is 1. The van der Waals surface area contributed by atoms with E-state index in [0.29, 0.717) is 6.04 Å². The number of halogens is 2. The summed E-state index contributed by atoms with van der Waals surface area (Å²) in [6.07, 6.45) is 5.17. The van der Waals surface area contributed by atoms with E-state index in [-0.39, 0.29) is 12.4 Å². The van der Waals surface area contributed by atoms with E-state index in [9.17, 15) is 0 Å². The molecule has 0 aromatic heterocycles. The molecule has 0 saturated carbocycles. The first-order valence-electron chi connectivity index (χ1n) is 6.48. The van der Waals surface area contributed by atoms with Gasteiger partial charge in [0.25, 0.3) is 0 Å². The van der Waals surface area contributed by atoms with Crippen LogP contribution in [0.4, 0.5) is 0 Å². The maximum atomic E-state index is 5.71. The Morgan fingerprint density at radius 1 is 1.22 bits per heavy atom. The second kappa shape index (κ2) is 8.35. The van der Waals surface area contributed by atoms with Crippen molar-refractivity contribution < 1.29 is 0 Å². The van der Waals surface area contributed by atoms with Crippen LogP contribution in [0, 0.1) is 3.57 Å². The van der Waals surface area contributed by atoms with E-state index in [4.69, 9.17) is 5.73 Å². The van der Waals surface area contributed by atoms with Crippen molar-refractivity contribution in [3.8, 4) is 0 Å². The molecule has 1 aliphatic rings. The highest BCUT2D eigenvalue weighted by Gasteiger charge is 2.21. The van der Waals surface area contributed by atoms with Crippen LogP contribution in [0.2, 0.25) is 0 Å². The molecule has 1 heterocycles. The van der Waals surface area contributed by atoms with E-state index in [1.807, 2.05) is 0 Å². The van der Waals surface area contributed by atoms with Crippen molar-refractivity contribution in [2.45, 2.75) is 38.3 Å². The Kier molecular flexibility index (Phi) is 7.53. The SMILES string of the molecule is Cl.NCCC1CCCCN1Cc1ccc(I)cc1. The summed E-state index contributed by atoms with van der Waals surface area (Å²) in [7, 11) is 0. The predicted octanol–water partition coefficient (Wildman–Crippen LogP) is 3.42. The molecule has 1 aliphatic heterocycles. The number of hydrogen-bond acceptors (Lipinski definition) is 2. The predicted molar refractivity (Wildman–Crippen MR) is 88.1 cm³/mol. The summed E-state index contributed by atoms with van der Waals surface area (Å²) in [6.45, 7) is 3.13. The molecule has 1 aromatic rings. The number of nitrogens with zero attached hydrogens (tertiary/aromatic N) is 1. The molecule has 1 aromatic carbocycles. The fourth-order valence-electron chi connectivity index (χ4n) is 2.61. The third kappa shape index (κ3) is 4.68. The third-order valence-corrected chi connectivity index (χ3v) is 4.27. The molecule has 18 heavy (non-hydrogen) atoms. The highest BCUT2D eigenvalue weighted by Crippen LogP contribution is 2.21. The highest BCUT2D eigenvalue weighted by molar-refractivity contribution is 14.1. The average molecular weight is 381 g/mol. The van der Waals surface area contributed by atoms with Gasteiger partial charge in [0.15, 0.2) is 0 Å². The average Bonchev–Trinajstić information content (AvgIpc) is 2.35. The molecular weight excluding hydrogens is 359 g/mol. The zero-order valence-electron chi connectivity index (χ0n) is 10.6. The largest absolute Gasteiger partial charge is 0.330 e. The van der Waals surface area contributed by atoms with E-state index in [1.54, 1.807) is 0 Å². The fourth-order valence-corrected chi connectivity index (χ4v) is 2.97. The maximum absolute atomic E-state index is 5.71. The molecule has 2 N–H and O–H groups in total. The Labute approximate surface area is 130 Å². The van der Waals surface area contributed by atoms with E-state index in [2.05, 4.69) is 51.8 Å². The molecule has 1 unspecified atom stereocenters. The van der Waals surface area contributed by atoms with Gasteiger partial charge in [-0.05, 0) is 72.6 Å². The molecule has 4 heteroatoms. The Morgan fingerprint density at radius 2 is 1.94 bits per heavy atom. The van der Waals surface area contributed by atoms with E-state index < -0.39 is 0 Å². The molecule has 2 rings (SSSR count). The summed E-state index contributed by atoms with van der Waals surface area (Å²) in [4.78, 5) is 2.61. The highest BCUT2D eigenvalue weighted by atomic mass is 127. The molecule has 0 spiro atoms. The lowest BCUT2D eigenvalue weighted by molar-refractivity contribution is 0.134. The quantitative estimate of drug-likeness (QED) is 0.811. The van der Waals surface area contributed by atoms with Crippen molar-refractivity contribution >= 4 is 35.0 Å². The van der Waals surface area contributed by atoms with Gasteiger partial charge in [-0.1, -0.05) is 18.6 Å². The van der Waals surface area contributed by atoms with Gasteiger partial charge in [0, 0.05) is 16.2 Å². The van der Waals surface area contributed by atoms with Crippen LogP contribution >= 0.6 is 35.0 Å². The minimum absolute atomic E-state index is 0. The Balaban J connectivity index is 0.00000162. The Bertz CT molecular complexity index is 340. The van der Waals surface area contributed by atoms with Gasteiger partial charge < -0.3 is 5.73 Å². The van der Waals surface area contributed by atoms with Crippen molar-refractivity contribution in [1.82, 2.24) is 4.90 Å². The van der Waals surface area contributed by atoms with Crippen LogP contribution in [0.5, 0.6) is 0 Å². The summed E-state index contributed by atoms with van der Waals surface area (Å²) in [6, 6.07) is 9.58. The van der Waals surface area contributed by atoms with Crippen LogP contribution in [-0.2, 0) is 6.54 Å². The summed E-state index contributed by atoms with van der Waals surface area (Å²) < 4.78 is 1.31. The van der Waals surface area contributed by atoms with Gasteiger partial charge in [0.2, 0.25) is 0 Å². The number of rotatable bonds is 4. The summed E-state index contributed by atoms with van der Waals surface area (Å²) in [5, 5.41) is 0. The summed E-state index contributed by atoms with van der Waals surface area (Å²) in [5.74, 6) is 0. The van der Waals surface area contributed by atoms with Crippen molar-refractivity contribution in [3.63, 3.8) is 0 Å². The minimum atomic E-state index is 0. The zero-order valence-corrected chi connectivity index (χ0v) is 13.6. The lowest BCUT2D eigenvalue weighted by Gasteiger charge is -2.35. The summed E-state index contributed by atoms with van der Waals surface area (Å²) >= 11 is 2.35. The second-order valence-corrected chi connectivity index (χ2v) is 6.07. The van der Waals surface area contributed by atoms with Crippen LogP contribution in [0.25, 0.3) is 0 Å². The van der Waals surface area contributed by atoms with Gasteiger partial charge in [-0.2, -0.15) is 0 Å². The third-order valence-electron chi connectivity index (χ3n) is 3.55. The maximum Gasteiger partial charge on any atom is 0.0236 e. The number of benzene rings is 1. The van der Waals surface area contributed by atoms with Gasteiger partial charge in [-0.15, -0.1) is 12.4 Å². The van der Waals surface area contributed by atoms with Gasteiger partial charge in [0.1, 0.15) is 0 Å². The van der Waals surface area contributed by atoms with Gasteiger partial charge in [-0.3, -0.25) is 4.90 Å². The van der Waals surface area contributed by atoms with Crippen LogP contribution < -0.4 is 5.73 Å². The number of piperidine rings is 1. The Hall–Kier alpha value is 0.160. The summed E-state index contributed by atoms with van der Waals surface area (Å²) in [5.41, 5.74) is 7.13. The molecule has 0 amide bonds. The molecule has 2 nitrogen and oxygen atoms in total. The zero-order chi connectivity index (χ0) is 12.1. The van der Waals surface area contributed by atoms with Crippen molar-refractivity contribution in [2.24, 2.45) is 5.73 Å². The van der Waals surface area contributed by atoms with Crippen molar-refractivity contribution in [3.05, 3.63) is 33.4 Å². The number of likely N-dealkylation sites (tertiary alicyclic amines) is 1. The lowest BCUT2D eigenvalue weighted by Crippen LogP contribution is -2.40. The fraction of sp³-hybridized carbons (Fsp3) is 0.571. The molecule has 0 radical (unpaired) electrons. The first-order valence-corrected chi connectivity index (χ1v) is 7.56. The molecule has 1 fully saturated rings. The van der Waals surface area contributed by atoms with Gasteiger partial charge in [0.05, 0.1) is 0 Å². The first-order chi connectivity index (χ1) is 8.29. The van der Waals surface area contributed by atoms with Gasteiger partial charge >= 0.3 is 0 Å². The van der Waals surface area contributed by atoms with Crippen LogP contribution in [0.3, 0.4) is 0 Å². The van der Waals surface area contributed by atoms with Crippen molar-refractivity contribution in [2.75, 3.05) is 13.1 Å². The van der Waals surface area contributed by atoms with Crippen LogP contribution in [0.15, 0.2) is 24.3 Å². The lowest BCUT2D eigenvalue weighted by atomic mass is 9.98. The van der Waals surface area contributed by atoms with E-state index in [0.717, 1.165) is 19.5 Å². The minimum Gasteiger partial charge on any atom is -0.330 e. The topological polar surface area (TPSA) is 29.3 Å². The molecular formula is C14H22ClIN2. The van der Waals surface area contributed by atoms with E-state index in [1.165, 1.54) is 34.9 Å². The smallest absolute Gasteiger partial charge is 0.0236 e. The Morgan fingerprint density at radius 3 is 2.61 bits per heavy atom. The molecule has 0 bridgehead atoms. The van der Waals surface area contributed by atoms with Gasteiger partial charge in [-0.25, -0.2) is 0 Å². The van der Waals surface area contributed by atoms with Crippen LogP contribution in [-0.4, -0.2) is 24.0 Å². The normalized spacial score (nSPS) is 20.4. The second-order valence-electron chi connectivity index (χ2n) is 4.82. The molecule has 1 atom stereocenters. The first kappa shape index (κ1) is 16.2. The molecule has 0 aliphatic carbocycles.